The Hall–Kier alpha value is -1.10. The molecule has 1 heterocycles. The van der Waals surface area contributed by atoms with Crippen LogP contribution in [0.15, 0.2) is 12.3 Å². The lowest BCUT2D eigenvalue weighted by Gasteiger charge is -2.06. The van der Waals surface area contributed by atoms with Crippen LogP contribution in [0.5, 0.6) is 5.75 Å². The van der Waals surface area contributed by atoms with Crippen molar-refractivity contribution in [2.45, 2.75) is 13.8 Å². The third-order valence-electron chi connectivity index (χ3n) is 1.65. The molecule has 0 N–H and O–H groups in total. The van der Waals surface area contributed by atoms with Crippen molar-refractivity contribution < 1.29 is 12.6 Å². The van der Waals surface area contributed by atoms with Gasteiger partial charge in [0.05, 0.1) is 6.26 Å². The lowest BCUT2D eigenvalue weighted by molar-refractivity contribution is 0.490. The van der Waals surface area contributed by atoms with Gasteiger partial charge in [-0.2, -0.15) is 8.42 Å². The average Bonchev–Trinajstić information content (AvgIpc) is 1.96. The summed E-state index contributed by atoms with van der Waals surface area (Å²) in [5.41, 5.74) is 1.51. The number of aromatic nitrogens is 1. The van der Waals surface area contributed by atoms with Crippen molar-refractivity contribution in [1.29, 1.82) is 0 Å². The highest BCUT2D eigenvalue weighted by Crippen LogP contribution is 2.19. The second-order valence-corrected chi connectivity index (χ2v) is 4.38. The molecule has 0 aliphatic carbocycles. The summed E-state index contributed by atoms with van der Waals surface area (Å²) in [5, 5.41) is 0. The van der Waals surface area contributed by atoms with Gasteiger partial charge in [-0.1, -0.05) is 0 Å². The van der Waals surface area contributed by atoms with E-state index in [0.717, 1.165) is 17.5 Å². The maximum Gasteiger partial charge on any atom is 0.306 e. The Labute approximate surface area is 77.7 Å². The normalized spacial score (nSPS) is 11.3. The zero-order chi connectivity index (χ0) is 10.1. The van der Waals surface area contributed by atoms with Crippen LogP contribution in [-0.4, -0.2) is 19.7 Å². The van der Waals surface area contributed by atoms with Crippen molar-refractivity contribution in [2.24, 2.45) is 0 Å². The topological polar surface area (TPSA) is 56.3 Å². The maximum atomic E-state index is 10.8. The fraction of sp³-hybridized carbons (Fsp3) is 0.375. The van der Waals surface area contributed by atoms with Gasteiger partial charge in [0.1, 0.15) is 5.75 Å². The van der Waals surface area contributed by atoms with Gasteiger partial charge in [0.15, 0.2) is 0 Å². The molecule has 1 aromatic rings. The molecule has 0 aliphatic heterocycles. The molecule has 1 rings (SSSR count). The van der Waals surface area contributed by atoms with Gasteiger partial charge in [-0.15, -0.1) is 0 Å². The standard InChI is InChI=1S/C8H11NO3S/c1-6-7(2)9-5-4-8(6)12-13(3,10)11/h4-5H,1-3H3. The van der Waals surface area contributed by atoms with Crippen molar-refractivity contribution >= 4 is 10.1 Å². The largest absolute Gasteiger partial charge is 0.382 e. The highest BCUT2D eigenvalue weighted by molar-refractivity contribution is 7.86. The second kappa shape index (κ2) is 3.33. The van der Waals surface area contributed by atoms with Gasteiger partial charge in [-0.05, 0) is 13.8 Å². The van der Waals surface area contributed by atoms with Crippen LogP contribution >= 0.6 is 0 Å². The van der Waals surface area contributed by atoms with E-state index in [1.54, 1.807) is 13.8 Å². The molecule has 1 aromatic heterocycles. The van der Waals surface area contributed by atoms with E-state index in [9.17, 15) is 8.42 Å². The molecule has 0 saturated heterocycles. The molecule has 72 valence electrons. The fourth-order valence-electron chi connectivity index (χ4n) is 0.870. The van der Waals surface area contributed by atoms with E-state index in [1.807, 2.05) is 0 Å². The first kappa shape index (κ1) is 9.98. The van der Waals surface area contributed by atoms with Crippen LogP contribution in [0.1, 0.15) is 11.3 Å². The molecule has 0 radical (unpaired) electrons. The molecule has 0 aromatic carbocycles. The van der Waals surface area contributed by atoms with E-state index < -0.39 is 10.1 Å². The summed E-state index contributed by atoms with van der Waals surface area (Å²) in [6.07, 6.45) is 2.53. The van der Waals surface area contributed by atoms with Crippen molar-refractivity contribution in [3.63, 3.8) is 0 Å². The summed E-state index contributed by atoms with van der Waals surface area (Å²) in [6.45, 7) is 3.56. The molecular formula is C8H11NO3S. The summed E-state index contributed by atoms with van der Waals surface area (Å²) in [4.78, 5) is 3.99. The Morgan fingerprint density at radius 2 is 2.00 bits per heavy atom. The Balaban J connectivity index is 3.10. The van der Waals surface area contributed by atoms with E-state index in [0.29, 0.717) is 5.75 Å². The molecular weight excluding hydrogens is 190 g/mol. The monoisotopic (exact) mass is 201 g/mol. The highest BCUT2D eigenvalue weighted by Gasteiger charge is 2.08. The predicted molar refractivity (Wildman–Crippen MR) is 49.2 cm³/mol. The predicted octanol–water partition coefficient (Wildman–Crippen LogP) is 1.04. The van der Waals surface area contributed by atoms with Gasteiger partial charge in [0.25, 0.3) is 0 Å². The summed E-state index contributed by atoms with van der Waals surface area (Å²) in [6, 6.07) is 1.53. The van der Waals surface area contributed by atoms with Crippen LogP contribution in [0.2, 0.25) is 0 Å². The van der Waals surface area contributed by atoms with E-state index in [2.05, 4.69) is 4.98 Å². The quantitative estimate of drug-likeness (QED) is 0.671. The van der Waals surface area contributed by atoms with Crippen molar-refractivity contribution in [3.8, 4) is 5.75 Å². The van der Waals surface area contributed by atoms with E-state index >= 15 is 0 Å². The van der Waals surface area contributed by atoms with Crippen LogP contribution in [0, 0.1) is 13.8 Å². The lowest BCUT2D eigenvalue weighted by Crippen LogP contribution is -2.07. The number of hydrogen-bond acceptors (Lipinski definition) is 4. The third kappa shape index (κ3) is 2.69. The van der Waals surface area contributed by atoms with Gasteiger partial charge < -0.3 is 4.18 Å². The Morgan fingerprint density at radius 3 is 2.54 bits per heavy atom. The smallest absolute Gasteiger partial charge is 0.306 e. The molecule has 0 fully saturated rings. The number of pyridine rings is 1. The summed E-state index contributed by atoms with van der Waals surface area (Å²) in [5.74, 6) is 0.343. The van der Waals surface area contributed by atoms with Gasteiger partial charge in [0.2, 0.25) is 0 Å². The van der Waals surface area contributed by atoms with Crippen LogP contribution in [0.25, 0.3) is 0 Å². The van der Waals surface area contributed by atoms with Crippen LogP contribution in [0.4, 0.5) is 0 Å². The average molecular weight is 201 g/mol. The van der Waals surface area contributed by atoms with E-state index in [1.165, 1.54) is 12.3 Å². The van der Waals surface area contributed by atoms with Crippen LogP contribution in [0.3, 0.4) is 0 Å². The summed E-state index contributed by atoms with van der Waals surface area (Å²) < 4.78 is 26.4. The van der Waals surface area contributed by atoms with Gasteiger partial charge in [0, 0.05) is 23.5 Å². The Bertz CT molecular complexity index is 411. The molecule has 13 heavy (non-hydrogen) atoms. The number of aryl methyl sites for hydroxylation is 1. The third-order valence-corrected chi connectivity index (χ3v) is 2.13. The molecule has 0 aliphatic rings. The molecule has 4 nitrogen and oxygen atoms in total. The first-order valence-corrected chi connectivity index (χ1v) is 5.53. The van der Waals surface area contributed by atoms with Gasteiger partial charge in [-0.25, -0.2) is 0 Å². The fourth-order valence-corrected chi connectivity index (χ4v) is 1.38. The van der Waals surface area contributed by atoms with Crippen molar-refractivity contribution in [1.82, 2.24) is 4.98 Å². The number of rotatable bonds is 2. The molecule has 0 bridgehead atoms. The molecule has 5 heteroatoms. The zero-order valence-corrected chi connectivity index (χ0v) is 8.55. The maximum absolute atomic E-state index is 10.8. The Morgan fingerprint density at radius 1 is 1.38 bits per heavy atom. The summed E-state index contributed by atoms with van der Waals surface area (Å²) >= 11 is 0. The van der Waals surface area contributed by atoms with E-state index in [-0.39, 0.29) is 0 Å². The van der Waals surface area contributed by atoms with Gasteiger partial charge in [-0.3, -0.25) is 4.98 Å². The molecule has 0 unspecified atom stereocenters. The minimum Gasteiger partial charge on any atom is -0.382 e. The minimum atomic E-state index is -3.44. The zero-order valence-electron chi connectivity index (χ0n) is 7.73. The molecule has 0 saturated carbocycles. The van der Waals surface area contributed by atoms with Gasteiger partial charge >= 0.3 is 10.1 Å². The summed E-state index contributed by atoms with van der Waals surface area (Å²) in [7, 11) is -3.44. The van der Waals surface area contributed by atoms with Crippen LogP contribution < -0.4 is 4.18 Å². The Kier molecular flexibility index (Phi) is 2.56. The second-order valence-electron chi connectivity index (χ2n) is 2.81. The van der Waals surface area contributed by atoms with Crippen molar-refractivity contribution in [2.75, 3.05) is 6.26 Å². The highest BCUT2D eigenvalue weighted by atomic mass is 32.2. The molecule has 0 amide bonds. The number of hydrogen-bond donors (Lipinski definition) is 0. The van der Waals surface area contributed by atoms with E-state index in [4.69, 9.17) is 4.18 Å². The lowest BCUT2D eigenvalue weighted by atomic mass is 10.2. The SMILES string of the molecule is Cc1nccc(OS(C)(=O)=O)c1C. The molecule has 0 atom stereocenters. The van der Waals surface area contributed by atoms with Crippen molar-refractivity contribution in [3.05, 3.63) is 23.5 Å². The first-order valence-electron chi connectivity index (χ1n) is 3.72. The van der Waals surface area contributed by atoms with Crippen LogP contribution in [-0.2, 0) is 10.1 Å². The molecule has 0 spiro atoms. The number of nitrogens with zero attached hydrogens (tertiary/aromatic N) is 1. The first-order chi connectivity index (χ1) is 5.90. The minimum absolute atomic E-state index is 0.343.